The van der Waals surface area contributed by atoms with Gasteiger partial charge in [-0.1, -0.05) is 95.6 Å². The van der Waals surface area contributed by atoms with E-state index in [1.165, 1.54) is 29.5 Å². The highest BCUT2D eigenvalue weighted by Crippen LogP contribution is 2.15. The van der Waals surface area contributed by atoms with Crippen LogP contribution in [0, 0.1) is 0 Å². The Morgan fingerprint density at radius 2 is 1.14 bits per heavy atom. The predicted molar refractivity (Wildman–Crippen MR) is 95.1 cm³/mol. The van der Waals surface area contributed by atoms with E-state index in [1.54, 1.807) is 0 Å². The zero-order valence-corrected chi connectivity index (χ0v) is 14.3. The Morgan fingerprint density at radius 1 is 0.667 bits per heavy atom. The van der Waals surface area contributed by atoms with Crippen LogP contribution in [0.4, 0.5) is 0 Å². The molecule has 0 spiro atoms. The minimum atomic E-state index is 0.653. The van der Waals surface area contributed by atoms with Gasteiger partial charge >= 0.3 is 0 Å². The average Bonchev–Trinajstić information content (AvgIpc) is 2.50. The van der Waals surface area contributed by atoms with Crippen LogP contribution in [0.1, 0.15) is 69.6 Å². The van der Waals surface area contributed by atoms with Crippen LogP contribution in [0.25, 0.3) is 0 Å². The van der Waals surface area contributed by atoms with E-state index in [0.717, 1.165) is 0 Å². The predicted octanol–water partition coefficient (Wildman–Crippen LogP) is 6.57. The van der Waals surface area contributed by atoms with Crippen molar-refractivity contribution >= 4 is 0 Å². The van der Waals surface area contributed by atoms with Crippen LogP contribution in [0.2, 0.25) is 0 Å². The van der Waals surface area contributed by atoms with Gasteiger partial charge in [0.1, 0.15) is 0 Å². The zero-order valence-electron chi connectivity index (χ0n) is 14.3. The molecular formula is C21H30. The Bertz CT molecular complexity index is 477. The molecule has 0 radical (unpaired) electrons. The molecule has 0 aromatic heterocycles. The van der Waals surface area contributed by atoms with E-state index in [0.29, 0.717) is 11.8 Å². The fraction of sp³-hybridized carbons (Fsp3) is 0.429. The molecule has 0 bridgehead atoms. The standard InChI is InChI=1S/C12H18.C9H12/c1-4-5-11-6-8-12(9-7-11)10(2)3;1-8(2)9-6-4-3-5-7-9/h6-10H,4-5H2,1-3H3;3-8H,1-2H3. The number of hydrogen-bond acceptors (Lipinski definition) is 0. The summed E-state index contributed by atoms with van der Waals surface area (Å²) in [5.74, 6) is 1.31. The highest BCUT2D eigenvalue weighted by Gasteiger charge is 1.97. The van der Waals surface area contributed by atoms with Gasteiger partial charge in [0.25, 0.3) is 0 Å². The Hall–Kier alpha value is -1.56. The number of hydrogen-bond donors (Lipinski definition) is 0. The molecule has 0 nitrogen and oxygen atoms in total. The molecule has 0 saturated carbocycles. The maximum atomic E-state index is 2.25. The van der Waals surface area contributed by atoms with Gasteiger partial charge in [0.05, 0.1) is 0 Å². The summed E-state index contributed by atoms with van der Waals surface area (Å²) < 4.78 is 0. The summed E-state index contributed by atoms with van der Waals surface area (Å²) in [5, 5.41) is 0. The van der Waals surface area contributed by atoms with E-state index in [1.807, 2.05) is 6.07 Å². The van der Waals surface area contributed by atoms with Crippen molar-refractivity contribution in [3.63, 3.8) is 0 Å². The van der Waals surface area contributed by atoms with E-state index >= 15 is 0 Å². The van der Waals surface area contributed by atoms with Crippen molar-refractivity contribution in [3.05, 3.63) is 71.3 Å². The molecule has 2 aromatic carbocycles. The van der Waals surface area contributed by atoms with Gasteiger partial charge in [-0.3, -0.25) is 0 Å². The Balaban J connectivity index is 0.000000219. The third kappa shape index (κ3) is 6.62. The molecule has 21 heavy (non-hydrogen) atoms. The fourth-order valence-corrected chi connectivity index (χ4v) is 2.20. The van der Waals surface area contributed by atoms with Crippen molar-refractivity contribution in [2.24, 2.45) is 0 Å². The molecule has 2 rings (SSSR count). The second-order valence-corrected chi connectivity index (χ2v) is 6.21. The molecule has 0 N–H and O–H groups in total. The monoisotopic (exact) mass is 282 g/mol. The van der Waals surface area contributed by atoms with Crippen LogP contribution in [0.3, 0.4) is 0 Å². The fourth-order valence-electron chi connectivity index (χ4n) is 2.20. The maximum Gasteiger partial charge on any atom is -0.0219 e. The Morgan fingerprint density at radius 3 is 1.52 bits per heavy atom. The quantitative estimate of drug-likeness (QED) is 0.594. The van der Waals surface area contributed by atoms with Gasteiger partial charge in [-0.05, 0) is 34.9 Å². The minimum absolute atomic E-state index is 0.653. The van der Waals surface area contributed by atoms with Crippen molar-refractivity contribution in [1.82, 2.24) is 0 Å². The summed E-state index contributed by atoms with van der Waals surface area (Å²) >= 11 is 0. The molecule has 0 aliphatic rings. The second kappa shape index (κ2) is 9.39. The summed E-state index contributed by atoms with van der Waals surface area (Å²) in [5.41, 5.74) is 4.31. The molecule has 0 heteroatoms. The number of rotatable bonds is 4. The first-order valence-electron chi connectivity index (χ1n) is 8.18. The summed E-state index contributed by atoms with van der Waals surface area (Å²) in [6.45, 7) is 11.1. The van der Waals surface area contributed by atoms with Gasteiger partial charge in [-0.25, -0.2) is 0 Å². The first-order chi connectivity index (χ1) is 10.0. The lowest BCUT2D eigenvalue weighted by Crippen LogP contribution is -1.88. The molecule has 2 aromatic rings. The largest absolute Gasteiger partial charge is 0.0651 e. The third-order valence-corrected chi connectivity index (χ3v) is 3.65. The van der Waals surface area contributed by atoms with Crippen LogP contribution in [0.5, 0.6) is 0 Å². The normalized spacial score (nSPS) is 10.4. The van der Waals surface area contributed by atoms with Gasteiger partial charge in [0.2, 0.25) is 0 Å². The summed E-state index contributed by atoms with van der Waals surface area (Å²) in [4.78, 5) is 0. The molecule has 0 heterocycles. The second-order valence-electron chi connectivity index (χ2n) is 6.21. The Labute approximate surface area is 131 Å². The van der Waals surface area contributed by atoms with Crippen molar-refractivity contribution < 1.29 is 0 Å². The van der Waals surface area contributed by atoms with Gasteiger partial charge in [0.15, 0.2) is 0 Å². The maximum absolute atomic E-state index is 2.25. The first-order valence-corrected chi connectivity index (χ1v) is 8.18. The molecule has 0 unspecified atom stereocenters. The summed E-state index contributed by atoms with van der Waals surface area (Å²) in [7, 11) is 0. The molecular weight excluding hydrogens is 252 g/mol. The number of benzene rings is 2. The molecule has 0 amide bonds. The molecule has 114 valence electrons. The van der Waals surface area contributed by atoms with Crippen molar-refractivity contribution in [3.8, 4) is 0 Å². The summed E-state index contributed by atoms with van der Waals surface area (Å²) in [6, 6.07) is 19.5. The van der Waals surface area contributed by atoms with Crippen molar-refractivity contribution in [2.45, 2.75) is 59.3 Å². The molecule has 0 atom stereocenters. The molecule has 0 aliphatic heterocycles. The van der Waals surface area contributed by atoms with E-state index in [4.69, 9.17) is 0 Å². The SMILES string of the molecule is CC(C)c1ccccc1.CCCc1ccc(C(C)C)cc1. The highest BCUT2D eigenvalue weighted by molar-refractivity contribution is 5.24. The van der Waals surface area contributed by atoms with Crippen molar-refractivity contribution in [2.75, 3.05) is 0 Å². The van der Waals surface area contributed by atoms with Gasteiger partial charge in [0, 0.05) is 0 Å². The molecule has 0 saturated heterocycles. The third-order valence-electron chi connectivity index (χ3n) is 3.65. The zero-order chi connectivity index (χ0) is 15.7. The first kappa shape index (κ1) is 17.5. The van der Waals surface area contributed by atoms with Gasteiger partial charge in [-0.2, -0.15) is 0 Å². The highest BCUT2D eigenvalue weighted by atomic mass is 14.0. The van der Waals surface area contributed by atoms with Crippen LogP contribution < -0.4 is 0 Å². The molecule has 0 aliphatic carbocycles. The van der Waals surface area contributed by atoms with Gasteiger partial charge in [-0.15, -0.1) is 0 Å². The lowest BCUT2D eigenvalue weighted by atomic mass is 10.0. The summed E-state index contributed by atoms with van der Waals surface area (Å²) in [6.07, 6.45) is 2.44. The van der Waals surface area contributed by atoms with E-state index in [9.17, 15) is 0 Å². The number of aryl methyl sites for hydroxylation is 1. The lowest BCUT2D eigenvalue weighted by Gasteiger charge is -2.05. The van der Waals surface area contributed by atoms with E-state index < -0.39 is 0 Å². The van der Waals surface area contributed by atoms with Gasteiger partial charge < -0.3 is 0 Å². The van der Waals surface area contributed by atoms with Crippen LogP contribution in [0.15, 0.2) is 54.6 Å². The Kier molecular flexibility index (Phi) is 7.82. The van der Waals surface area contributed by atoms with Crippen LogP contribution in [-0.4, -0.2) is 0 Å². The van der Waals surface area contributed by atoms with E-state index in [-0.39, 0.29) is 0 Å². The topological polar surface area (TPSA) is 0 Å². The van der Waals surface area contributed by atoms with E-state index in [2.05, 4.69) is 83.1 Å². The lowest BCUT2D eigenvalue weighted by molar-refractivity contribution is 0.861. The molecule has 0 fully saturated rings. The van der Waals surface area contributed by atoms with Crippen LogP contribution >= 0.6 is 0 Å². The smallest absolute Gasteiger partial charge is 0.0219 e. The average molecular weight is 282 g/mol. The van der Waals surface area contributed by atoms with Crippen molar-refractivity contribution in [1.29, 1.82) is 0 Å². The van der Waals surface area contributed by atoms with Crippen LogP contribution in [-0.2, 0) is 6.42 Å². The minimum Gasteiger partial charge on any atom is -0.0651 e.